The zero-order valence-electron chi connectivity index (χ0n) is 1.47. The molecule has 31 valence electrons. The second kappa shape index (κ2) is 9.20. The predicted octanol–water partition coefficient (Wildman–Crippen LogP) is -0.243. The summed E-state index contributed by atoms with van der Waals surface area (Å²) in [5.74, 6) is 0. The summed E-state index contributed by atoms with van der Waals surface area (Å²) in [7, 11) is 0. The van der Waals surface area contributed by atoms with Crippen molar-refractivity contribution in [3.05, 3.63) is 0 Å². The van der Waals surface area contributed by atoms with Gasteiger partial charge in [-0.15, -0.1) is 0 Å². The molecule has 0 aromatic carbocycles. The van der Waals surface area contributed by atoms with Gasteiger partial charge in [-0.3, -0.25) is 0 Å². The second-order valence-corrected chi connectivity index (χ2v) is 0.229. The molecule has 0 aromatic heterocycles. The van der Waals surface area contributed by atoms with Crippen molar-refractivity contribution in [3.8, 4) is 0 Å². The van der Waals surface area contributed by atoms with Crippen molar-refractivity contribution < 1.29 is 43.4 Å². The van der Waals surface area contributed by atoms with Crippen LogP contribution in [0.4, 0.5) is 0 Å². The van der Waals surface area contributed by atoms with Gasteiger partial charge in [-0.05, 0) is 0 Å². The molecule has 4 heavy (non-hydrogen) atoms. The molecular formula is CoO2Pt. The predicted molar refractivity (Wildman–Crippen MR) is 1.37 cm³/mol. The van der Waals surface area contributed by atoms with E-state index in [1.807, 2.05) is 0 Å². The second-order valence-electron chi connectivity index (χ2n) is 0.0556. The minimum atomic E-state index is -1.06. The molecule has 0 N–H and O–H groups in total. The van der Waals surface area contributed by atoms with Gasteiger partial charge in [-0.25, -0.2) is 0 Å². The Labute approximate surface area is 43.6 Å². The summed E-state index contributed by atoms with van der Waals surface area (Å²) < 4.78 is 16.7. The van der Waals surface area contributed by atoms with Crippen LogP contribution in [0.2, 0.25) is 0 Å². The summed E-state index contributed by atoms with van der Waals surface area (Å²) in [6.07, 6.45) is 0. The summed E-state index contributed by atoms with van der Waals surface area (Å²) in [5, 5.41) is 0. The Kier molecular flexibility index (Phi) is 20.3. The van der Waals surface area contributed by atoms with E-state index in [0.717, 1.165) is 0 Å². The normalized spacial score (nSPS) is 4.00. The molecule has 0 heterocycles. The maximum Gasteiger partial charge on any atom is 0 e. The maximum absolute atomic E-state index is 8.34. The molecule has 0 aliphatic heterocycles. The molecular weight excluding hydrogens is 286 g/mol. The smallest absolute Gasteiger partial charge is 0 e. The average Bonchev–Trinajstić information content (AvgIpc) is 0.918. The Morgan fingerprint density at radius 3 is 1.25 bits per heavy atom. The third-order valence-electron chi connectivity index (χ3n) is 0. The fourth-order valence-electron chi connectivity index (χ4n) is 0. The summed E-state index contributed by atoms with van der Waals surface area (Å²) in [6.45, 7) is 0. The molecule has 0 radical (unpaired) electrons. The van der Waals surface area contributed by atoms with E-state index in [2.05, 4.69) is 0 Å². The Balaban J connectivity index is 0. The van der Waals surface area contributed by atoms with Crippen molar-refractivity contribution in [2.24, 2.45) is 0 Å². The van der Waals surface area contributed by atoms with Gasteiger partial charge in [0.2, 0.25) is 0 Å². The molecule has 0 amide bonds. The van der Waals surface area contributed by atoms with Crippen LogP contribution >= 0.6 is 0 Å². The van der Waals surface area contributed by atoms with Gasteiger partial charge >= 0.3 is 22.3 Å². The van der Waals surface area contributed by atoms with E-state index in [4.69, 9.17) is 7.73 Å². The molecule has 0 spiro atoms. The van der Waals surface area contributed by atoms with Crippen LogP contribution in [-0.4, -0.2) is 0 Å². The Morgan fingerprint density at radius 1 is 1.25 bits per heavy atom. The van der Waals surface area contributed by atoms with Gasteiger partial charge in [0, 0.05) is 21.1 Å². The average molecular weight is 286 g/mol. The summed E-state index contributed by atoms with van der Waals surface area (Å²) in [4.78, 5) is 0. The molecule has 0 aliphatic carbocycles. The van der Waals surface area contributed by atoms with Crippen LogP contribution in [0.5, 0.6) is 0 Å². The van der Waals surface area contributed by atoms with Gasteiger partial charge in [-0.1, -0.05) is 0 Å². The van der Waals surface area contributed by atoms with Crippen molar-refractivity contribution >= 4 is 0 Å². The third-order valence-corrected chi connectivity index (χ3v) is 0. The van der Waals surface area contributed by atoms with Gasteiger partial charge in [0.25, 0.3) is 0 Å². The first-order chi connectivity index (χ1) is 1.41. The zero-order chi connectivity index (χ0) is 2.71. The Bertz CT molecular complexity index is 27.0. The van der Waals surface area contributed by atoms with Gasteiger partial charge in [0.15, 0.2) is 0 Å². The SMILES string of the molecule is [O]=[Co]=[O].[Pt]. The largest absolute Gasteiger partial charge is 0 e. The molecule has 4 heteroatoms. The van der Waals surface area contributed by atoms with E-state index < -0.39 is 14.6 Å². The molecule has 0 unspecified atom stereocenters. The van der Waals surface area contributed by atoms with Gasteiger partial charge in [-0.2, -0.15) is 0 Å². The molecule has 0 rings (SSSR count). The van der Waals surface area contributed by atoms with Crippen molar-refractivity contribution in [1.29, 1.82) is 0 Å². The quantitative estimate of drug-likeness (QED) is 0.616. The van der Waals surface area contributed by atoms with Crippen LogP contribution in [-0.2, 0) is 43.4 Å². The van der Waals surface area contributed by atoms with E-state index in [-0.39, 0.29) is 21.1 Å². The zero-order valence-corrected chi connectivity index (χ0v) is 4.78. The molecule has 0 atom stereocenters. The monoisotopic (exact) mass is 286 g/mol. The first-order valence-corrected chi connectivity index (χ1v) is 1.12. The van der Waals surface area contributed by atoms with Crippen LogP contribution in [0.1, 0.15) is 0 Å². The number of hydrogen-bond acceptors (Lipinski definition) is 2. The van der Waals surface area contributed by atoms with Crippen LogP contribution in [0.3, 0.4) is 0 Å². The first-order valence-electron chi connectivity index (χ1n) is 0.272. The van der Waals surface area contributed by atoms with Crippen molar-refractivity contribution in [3.63, 3.8) is 0 Å². The van der Waals surface area contributed by atoms with Crippen LogP contribution in [0, 0.1) is 0 Å². The van der Waals surface area contributed by atoms with E-state index in [9.17, 15) is 0 Å². The van der Waals surface area contributed by atoms with Crippen molar-refractivity contribution in [2.45, 2.75) is 0 Å². The van der Waals surface area contributed by atoms with E-state index in [1.165, 1.54) is 0 Å². The molecule has 0 bridgehead atoms. The van der Waals surface area contributed by atoms with Gasteiger partial charge < -0.3 is 0 Å². The summed E-state index contributed by atoms with van der Waals surface area (Å²) in [5.41, 5.74) is 0. The number of hydrogen-bond donors (Lipinski definition) is 0. The van der Waals surface area contributed by atoms with Crippen LogP contribution < -0.4 is 0 Å². The van der Waals surface area contributed by atoms with Crippen LogP contribution in [0.15, 0.2) is 0 Å². The van der Waals surface area contributed by atoms with E-state index >= 15 is 0 Å². The van der Waals surface area contributed by atoms with E-state index in [1.54, 1.807) is 0 Å². The van der Waals surface area contributed by atoms with Gasteiger partial charge in [0.05, 0.1) is 0 Å². The van der Waals surface area contributed by atoms with Gasteiger partial charge in [0.1, 0.15) is 0 Å². The molecule has 0 aliphatic rings. The van der Waals surface area contributed by atoms with Crippen LogP contribution in [0.25, 0.3) is 0 Å². The molecule has 2 nitrogen and oxygen atoms in total. The first kappa shape index (κ1) is 8.84. The maximum atomic E-state index is 8.34. The van der Waals surface area contributed by atoms with E-state index in [0.29, 0.717) is 0 Å². The Morgan fingerprint density at radius 2 is 1.25 bits per heavy atom. The minimum Gasteiger partial charge on any atom is 0 e. The molecule has 0 saturated heterocycles. The Hall–Kier alpha value is 0.795. The standard InChI is InChI=1S/Co.2O.Pt. The minimum absolute atomic E-state index is 0. The number of rotatable bonds is 0. The molecule has 0 aromatic rings. The fourth-order valence-corrected chi connectivity index (χ4v) is 0. The molecule has 0 fully saturated rings. The fraction of sp³-hybridized carbons (Fsp3) is 0. The summed E-state index contributed by atoms with van der Waals surface area (Å²) >= 11 is -1.06. The van der Waals surface area contributed by atoms with Crippen molar-refractivity contribution in [1.82, 2.24) is 0 Å². The molecule has 0 saturated carbocycles. The summed E-state index contributed by atoms with van der Waals surface area (Å²) in [6, 6.07) is 0. The third kappa shape index (κ3) is 14.3. The van der Waals surface area contributed by atoms with Crippen molar-refractivity contribution in [2.75, 3.05) is 0 Å². The topological polar surface area (TPSA) is 34.1 Å².